The average Bonchev–Trinajstić information content (AvgIpc) is 2.64. The molecule has 0 fully saturated rings. The number of halogens is 1. The van der Waals surface area contributed by atoms with Crippen molar-refractivity contribution >= 4 is 28.9 Å². The molecule has 132 valence electrons. The van der Waals surface area contributed by atoms with Crippen LogP contribution in [0.5, 0.6) is 0 Å². The summed E-state index contributed by atoms with van der Waals surface area (Å²) >= 11 is 6.16. The number of carbonyl (C=O) groups is 1. The van der Waals surface area contributed by atoms with E-state index in [1.54, 1.807) is 24.4 Å². The first-order chi connectivity index (χ1) is 12.6. The van der Waals surface area contributed by atoms with Crippen molar-refractivity contribution in [3.8, 4) is 0 Å². The van der Waals surface area contributed by atoms with E-state index in [0.717, 1.165) is 11.3 Å². The maximum absolute atomic E-state index is 12.7. The van der Waals surface area contributed by atoms with Gasteiger partial charge in [0.25, 0.3) is 11.5 Å². The lowest BCUT2D eigenvalue weighted by Gasteiger charge is -2.13. The molecule has 0 saturated heterocycles. The SMILES string of the molecule is Cc1cccc(Cl)c1NC(=O)c1c(NCc2ccccn2)cc[nH]c1=O. The molecule has 0 spiro atoms. The fraction of sp³-hybridized carbons (Fsp3) is 0.105. The summed E-state index contributed by atoms with van der Waals surface area (Å²) in [5.41, 5.74) is 2.00. The predicted octanol–water partition coefficient (Wildman–Crippen LogP) is 3.60. The highest BCUT2D eigenvalue weighted by atomic mass is 35.5. The Bertz CT molecular complexity index is 966. The van der Waals surface area contributed by atoms with Crippen LogP contribution < -0.4 is 16.2 Å². The van der Waals surface area contributed by atoms with Gasteiger partial charge in [0.1, 0.15) is 5.56 Å². The summed E-state index contributed by atoms with van der Waals surface area (Å²) in [6, 6.07) is 12.5. The van der Waals surface area contributed by atoms with Gasteiger partial charge in [0.2, 0.25) is 0 Å². The standard InChI is InChI=1S/C19H17ClN4O2/c1-12-5-4-7-14(20)17(12)24-19(26)16-15(8-10-22-18(16)25)23-11-13-6-2-3-9-21-13/h2-10H,11H2,1H3,(H,24,26)(H2,22,23,25). The van der Waals surface area contributed by atoms with Gasteiger partial charge in [0, 0.05) is 12.4 Å². The van der Waals surface area contributed by atoms with Crippen LogP contribution in [-0.2, 0) is 6.54 Å². The zero-order valence-corrected chi connectivity index (χ0v) is 14.8. The summed E-state index contributed by atoms with van der Waals surface area (Å²) in [5.74, 6) is -0.536. The fourth-order valence-electron chi connectivity index (χ4n) is 2.51. The van der Waals surface area contributed by atoms with Gasteiger partial charge in [0.05, 0.1) is 28.6 Å². The number of aromatic nitrogens is 2. The minimum absolute atomic E-state index is 0.0113. The van der Waals surface area contributed by atoms with E-state index in [1.807, 2.05) is 31.2 Å². The quantitative estimate of drug-likeness (QED) is 0.642. The van der Waals surface area contributed by atoms with Crippen molar-refractivity contribution in [2.24, 2.45) is 0 Å². The number of H-pyrrole nitrogens is 1. The van der Waals surface area contributed by atoms with Crippen molar-refractivity contribution in [3.05, 3.63) is 87.1 Å². The second kappa shape index (κ2) is 7.84. The summed E-state index contributed by atoms with van der Waals surface area (Å²) in [6.45, 7) is 2.21. The van der Waals surface area contributed by atoms with Gasteiger partial charge in [-0.2, -0.15) is 0 Å². The molecule has 0 saturated carbocycles. The van der Waals surface area contributed by atoms with E-state index in [9.17, 15) is 9.59 Å². The molecule has 0 radical (unpaired) electrons. The zero-order valence-electron chi connectivity index (χ0n) is 14.0. The molecule has 6 nitrogen and oxygen atoms in total. The van der Waals surface area contributed by atoms with Crippen LogP contribution in [0.15, 0.2) is 59.7 Å². The summed E-state index contributed by atoms with van der Waals surface area (Å²) < 4.78 is 0. The van der Waals surface area contributed by atoms with Gasteiger partial charge in [-0.3, -0.25) is 14.6 Å². The first kappa shape index (κ1) is 17.7. The first-order valence-corrected chi connectivity index (χ1v) is 8.36. The van der Waals surface area contributed by atoms with E-state index in [4.69, 9.17) is 11.6 Å². The van der Waals surface area contributed by atoms with Crippen molar-refractivity contribution in [1.82, 2.24) is 9.97 Å². The third-order valence-corrected chi connectivity index (χ3v) is 4.15. The summed E-state index contributed by atoms with van der Waals surface area (Å²) in [7, 11) is 0. The highest BCUT2D eigenvalue weighted by Gasteiger charge is 2.18. The number of hydrogen-bond acceptors (Lipinski definition) is 4. The molecule has 7 heteroatoms. The number of aryl methyl sites for hydroxylation is 1. The number of anilines is 2. The maximum atomic E-state index is 12.7. The molecule has 1 aromatic carbocycles. The molecule has 1 amide bonds. The van der Waals surface area contributed by atoms with Gasteiger partial charge in [0.15, 0.2) is 0 Å². The van der Waals surface area contributed by atoms with Gasteiger partial charge < -0.3 is 15.6 Å². The lowest BCUT2D eigenvalue weighted by Crippen LogP contribution is -2.25. The molecule has 0 aliphatic heterocycles. The predicted molar refractivity (Wildman–Crippen MR) is 103 cm³/mol. The third kappa shape index (κ3) is 3.92. The number of hydrogen-bond donors (Lipinski definition) is 3. The Labute approximate surface area is 155 Å². The molecule has 2 heterocycles. The Morgan fingerprint density at radius 2 is 2.04 bits per heavy atom. The lowest BCUT2D eigenvalue weighted by atomic mass is 10.1. The van der Waals surface area contributed by atoms with Crippen LogP contribution in [0.4, 0.5) is 11.4 Å². The molecule has 0 atom stereocenters. The van der Waals surface area contributed by atoms with Crippen LogP contribution >= 0.6 is 11.6 Å². The molecule has 2 aromatic heterocycles. The van der Waals surface area contributed by atoms with Crippen LogP contribution in [0.3, 0.4) is 0 Å². The smallest absolute Gasteiger partial charge is 0.263 e. The fourth-order valence-corrected chi connectivity index (χ4v) is 2.78. The number of nitrogens with one attached hydrogen (secondary N) is 3. The monoisotopic (exact) mass is 368 g/mol. The van der Waals surface area contributed by atoms with E-state index in [1.165, 1.54) is 6.20 Å². The molecule has 3 N–H and O–H groups in total. The first-order valence-electron chi connectivity index (χ1n) is 7.98. The van der Waals surface area contributed by atoms with Crippen molar-refractivity contribution in [1.29, 1.82) is 0 Å². The van der Waals surface area contributed by atoms with Crippen LogP contribution in [0, 0.1) is 6.92 Å². The van der Waals surface area contributed by atoms with Gasteiger partial charge in [-0.1, -0.05) is 29.8 Å². The van der Waals surface area contributed by atoms with Crippen LogP contribution in [0.25, 0.3) is 0 Å². The Hall–Kier alpha value is -3.12. The zero-order chi connectivity index (χ0) is 18.5. The second-order valence-corrected chi connectivity index (χ2v) is 6.06. The Balaban J connectivity index is 1.87. The summed E-state index contributed by atoms with van der Waals surface area (Å²) in [6.07, 6.45) is 3.17. The summed E-state index contributed by atoms with van der Waals surface area (Å²) in [5, 5.41) is 6.23. The van der Waals surface area contributed by atoms with E-state index in [-0.39, 0.29) is 5.56 Å². The molecule has 26 heavy (non-hydrogen) atoms. The number of amides is 1. The largest absolute Gasteiger partial charge is 0.379 e. The van der Waals surface area contributed by atoms with E-state index >= 15 is 0 Å². The third-order valence-electron chi connectivity index (χ3n) is 3.83. The number of benzene rings is 1. The summed E-state index contributed by atoms with van der Waals surface area (Å²) in [4.78, 5) is 31.7. The highest BCUT2D eigenvalue weighted by Crippen LogP contribution is 2.26. The Morgan fingerprint density at radius 3 is 2.77 bits per heavy atom. The molecule has 3 rings (SSSR count). The van der Waals surface area contributed by atoms with Crippen molar-refractivity contribution in [3.63, 3.8) is 0 Å². The lowest BCUT2D eigenvalue weighted by molar-refractivity contribution is 0.102. The number of aromatic amines is 1. The van der Waals surface area contributed by atoms with Gasteiger partial charge >= 0.3 is 0 Å². The number of pyridine rings is 2. The normalized spacial score (nSPS) is 10.4. The van der Waals surface area contributed by atoms with Crippen LogP contribution in [0.1, 0.15) is 21.6 Å². The second-order valence-electron chi connectivity index (χ2n) is 5.66. The van der Waals surface area contributed by atoms with Gasteiger partial charge in [-0.05, 0) is 36.8 Å². The molecule has 3 aromatic rings. The molecule has 0 aliphatic carbocycles. The highest BCUT2D eigenvalue weighted by molar-refractivity contribution is 6.34. The van der Waals surface area contributed by atoms with Crippen LogP contribution in [0.2, 0.25) is 5.02 Å². The van der Waals surface area contributed by atoms with Crippen molar-refractivity contribution in [2.45, 2.75) is 13.5 Å². The van der Waals surface area contributed by atoms with Crippen molar-refractivity contribution in [2.75, 3.05) is 10.6 Å². The number of para-hydroxylation sites is 1. The molecular weight excluding hydrogens is 352 g/mol. The van der Waals surface area contributed by atoms with Gasteiger partial charge in [-0.25, -0.2) is 0 Å². The molecule has 0 unspecified atom stereocenters. The minimum atomic E-state index is -0.536. The van der Waals surface area contributed by atoms with Gasteiger partial charge in [-0.15, -0.1) is 0 Å². The van der Waals surface area contributed by atoms with E-state index < -0.39 is 11.5 Å². The molecular formula is C19H17ClN4O2. The van der Waals surface area contributed by atoms with E-state index in [2.05, 4.69) is 20.6 Å². The number of carbonyl (C=O) groups excluding carboxylic acids is 1. The average molecular weight is 369 g/mol. The van der Waals surface area contributed by atoms with Crippen molar-refractivity contribution < 1.29 is 4.79 Å². The topological polar surface area (TPSA) is 86.9 Å². The maximum Gasteiger partial charge on any atom is 0.263 e. The number of nitrogens with zero attached hydrogens (tertiary/aromatic N) is 1. The van der Waals surface area contributed by atoms with E-state index in [0.29, 0.717) is 22.9 Å². The molecule has 0 bridgehead atoms. The Morgan fingerprint density at radius 1 is 1.19 bits per heavy atom. The Kier molecular flexibility index (Phi) is 5.34. The van der Waals surface area contributed by atoms with Crippen LogP contribution in [-0.4, -0.2) is 15.9 Å². The minimum Gasteiger partial charge on any atom is -0.379 e. The molecule has 0 aliphatic rings. The number of rotatable bonds is 5.